The van der Waals surface area contributed by atoms with Crippen molar-refractivity contribution in [3.8, 4) is 33.6 Å². The van der Waals surface area contributed by atoms with Crippen LogP contribution in [0.15, 0.2) is 83.7 Å². The number of halogens is 5. The largest absolute Gasteiger partial charge is 0.416 e. The number of nitrogens with zero attached hydrogens (tertiary/aromatic N) is 2. The molecule has 2 heterocycles. The van der Waals surface area contributed by atoms with Gasteiger partial charge in [-0.2, -0.15) is 22.8 Å². The van der Waals surface area contributed by atoms with Gasteiger partial charge in [0.2, 0.25) is 0 Å². The van der Waals surface area contributed by atoms with Crippen molar-refractivity contribution in [1.29, 1.82) is 0 Å². The summed E-state index contributed by atoms with van der Waals surface area (Å²) >= 11 is 0. The highest BCUT2D eigenvalue weighted by Gasteiger charge is 2.30. The van der Waals surface area contributed by atoms with Gasteiger partial charge in [0.25, 0.3) is 5.56 Å². The summed E-state index contributed by atoms with van der Waals surface area (Å²) in [4.78, 5) is 15.9. The topological polar surface area (TPSA) is 50.2 Å². The molecule has 0 saturated heterocycles. The van der Waals surface area contributed by atoms with E-state index >= 15 is 0 Å². The average molecular weight is 467 g/mol. The summed E-state index contributed by atoms with van der Waals surface area (Å²) in [6, 6.07) is 17.3. The molecule has 1 N–H and O–H groups in total. The van der Waals surface area contributed by atoms with Gasteiger partial charge in [0.1, 0.15) is 23.0 Å². The van der Waals surface area contributed by atoms with E-state index in [1.165, 1.54) is 24.3 Å². The molecule has 4 nitrogen and oxygen atoms in total. The molecule has 170 valence electrons. The first kappa shape index (κ1) is 21.6. The molecule has 34 heavy (non-hydrogen) atoms. The minimum Gasteiger partial charge on any atom is -0.339 e. The number of rotatable bonds is 3. The second kappa shape index (κ2) is 7.95. The van der Waals surface area contributed by atoms with Crippen LogP contribution in [-0.2, 0) is 6.18 Å². The third kappa shape index (κ3) is 3.75. The van der Waals surface area contributed by atoms with Crippen LogP contribution in [0.2, 0.25) is 0 Å². The summed E-state index contributed by atoms with van der Waals surface area (Å²) in [5.74, 6) is -1.62. The quantitative estimate of drug-likeness (QED) is 0.316. The standard InChI is InChI=1S/C25H14F5N3O/c26-17-10-11-18(19(27)12-17)22-23(15-4-2-1-3-5-15)32-33-21(34)13-20(31-24(22)33)14-6-8-16(9-7-14)25(28,29)30/h1-13,31H. The summed E-state index contributed by atoms with van der Waals surface area (Å²) in [5.41, 5.74) is 0.351. The Hall–Kier alpha value is -4.27. The molecule has 0 amide bonds. The summed E-state index contributed by atoms with van der Waals surface area (Å²) < 4.78 is 68.3. The lowest BCUT2D eigenvalue weighted by atomic mass is 10.0. The van der Waals surface area contributed by atoms with Crippen molar-refractivity contribution >= 4 is 5.65 Å². The molecule has 0 unspecified atom stereocenters. The first-order valence-electron chi connectivity index (χ1n) is 10.1. The maximum atomic E-state index is 14.8. The maximum absolute atomic E-state index is 14.8. The molecule has 0 radical (unpaired) electrons. The predicted molar refractivity (Wildman–Crippen MR) is 117 cm³/mol. The predicted octanol–water partition coefficient (Wildman–Crippen LogP) is 6.32. The molecular formula is C25H14F5N3O. The third-order valence-corrected chi connectivity index (χ3v) is 5.39. The first-order valence-corrected chi connectivity index (χ1v) is 10.1. The van der Waals surface area contributed by atoms with Gasteiger partial charge in [-0.1, -0.05) is 42.5 Å². The summed E-state index contributed by atoms with van der Waals surface area (Å²) in [5, 5.41) is 4.37. The van der Waals surface area contributed by atoms with Gasteiger partial charge >= 0.3 is 6.18 Å². The van der Waals surface area contributed by atoms with Crippen LogP contribution >= 0.6 is 0 Å². The van der Waals surface area contributed by atoms with Gasteiger partial charge in [-0.05, 0) is 29.8 Å². The van der Waals surface area contributed by atoms with Gasteiger partial charge in [0.05, 0.1) is 16.8 Å². The van der Waals surface area contributed by atoms with E-state index in [1.54, 1.807) is 30.3 Å². The van der Waals surface area contributed by atoms with E-state index in [-0.39, 0.29) is 28.2 Å². The summed E-state index contributed by atoms with van der Waals surface area (Å²) in [7, 11) is 0. The van der Waals surface area contributed by atoms with Crippen molar-refractivity contribution in [3.05, 3.63) is 106 Å². The molecule has 5 aromatic rings. The maximum Gasteiger partial charge on any atom is 0.416 e. The number of benzene rings is 3. The van der Waals surface area contributed by atoms with Gasteiger partial charge in [-0.3, -0.25) is 4.79 Å². The smallest absolute Gasteiger partial charge is 0.339 e. The van der Waals surface area contributed by atoms with Gasteiger partial charge in [-0.25, -0.2) is 8.78 Å². The van der Waals surface area contributed by atoms with E-state index in [9.17, 15) is 26.7 Å². The van der Waals surface area contributed by atoms with Crippen LogP contribution in [0.4, 0.5) is 22.0 Å². The molecule has 0 atom stereocenters. The van der Waals surface area contributed by atoms with Crippen LogP contribution in [0.25, 0.3) is 39.3 Å². The number of alkyl halides is 3. The van der Waals surface area contributed by atoms with E-state index in [0.717, 1.165) is 28.8 Å². The lowest BCUT2D eigenvalue weighted by Gasteiger charge is -2.09. The number of aromatic nitrogens is 3. The SMILES string of the molecule is O=c1cc(-c2ccc(C(F)(F)F)cc2)[nH]c2c(-c3ccc(F)cc3F)c(-c3ccccc3)nn12. The lowest BCUT2D eigenvalue weighted by Crippen LogP contribution is -2.14. The van der Waals surface area contributed by atoms with Gasteiger partial charge in [-0.15, -0.1) is 0 Å². The fraction of sp³-hybridized carbons (Fsp3) is 0.0400. The van der Waals surface area contributed by atoms with Gasteiger partial charge in [0.15, 0.2) is 0 Å². The molecule has 9 heteroatoms. The highest BCUT2D eigenvalue weighted by atomic mass is 19.4. The molecule has 5 rings (SSSR count). The zero-order valence-corrected chi connectivity index (χ0v) is 17.2. The molecular weight excluding hydrogens is 453 g/mol. The van der Waals surface area contributed by atoms with Crippen LogP contribution in [0.5, 0.6) is 0 Å². The molecule has 0 spiro atoms. The highest BCUT2D eigenvalue weighted by molar-refractivity contribution is 5.91. The highest BCUT2D eigenvalue weighted by Crippen LogP contribution is 2.36. The average Bonchev–Trinajstić information content (AvgIpc) is 3.19. The van der Waals surface area contributed by atoms with Gasteiger partial charge in [0, 0.05) is 23.3 Å². The van der Waals surface area contributed by atoms with Crippen molar-refractivity contribution in [2.45, 2.75) is 6.18 Å². The zero-order valence-electron chi connectivity index (χ0n) is 17.2. The monoisotopic (exact) mass is 467 g/mol. The van der Waals surface area contributed by atoms with Crippen molar-refractivity contribution in [2.75, 3.05) is 0 Å². The van der Waals surface area contributed by atoms with E-state index in [1.807, 2.05) is 0 Å². The van der Waals surface area contributed by atoms with Gasteiger partial charge < -0.3 is 4.98 Å². The Kier molecular flexibility index (Phi) is 5.04. The first-order chi connectivity index (χ1) is 16.2. The molecule has 0 saturated carbocycles. The Morgan fingerprint density at radius 2 is 1.53 bits per heavy atom. The second-order valence-electron chi connectivity index (χ2n) is 7.57. The van der Waals surface area contributed by atoms with Crippen molar-refractivity contribution in [2.24, 2.45) is 0 Å². The second-order valence-corrected chi connectivity index (χ2v) is 7.57. The molecule has 0 fully saturated rings. The van der Waals surface area contributed by atoms with E-state index in [2.05, 4.69) is 10.1 Å². The van der Waals surface area contributed by atoms with Crippen LogP contribution < -0.4 is 5.56 Å². The summed E-state index contributed by atoms with van der Waals surface area (Å²) in [6.07, 6.45) is -4.50. The molecule has 2 aromatic heterocycles. The van der Waals surface area contributed by atoms with Crippen LogP contribution in [0.1, 0.15) is 5.56 Å². The Labute approximate surface area is 188 Å². The molecule has 0 aliphatic rings. The Morgan fingerprint density at radius 3 is 2.18 bits per heavy atom. The minimum atomic E-state index is -4.50. The van der Waals surface area contributed by atoms with Crippen LogP contribution in [0.3, 0.4) is 0 Å². The molecule has 0 aliphatic heterocycles. The van der Waals surface area contributed by atoms with Crippen LogP contribution in [0, 0.1) is 11.6 Å². The number of hydrogen-bond acceptors (Lipinski definition) is 2. The Morgan fingerprint density at radius 1 is 0.824 bits per heavy atom. The van der Waals surface area contributed by atoms with Crippen molar-refractivity contribution in [3.63, 3.8) is 0 Å². The fourth-order valence-corrected chi connectivity index (χ4v) is 3.78. The van der Waals surface area contributed by atoms with E-state index < -0.39 is 28.9 Å². The number of nitrogens with one attached hydrogen (secondary N) is 1. The Bertz CT molecular complexity index is 1570. The third-order valence-electron chi connectivity index (χ3n) is 5.39. The number of aromatic amines is 1. The molecule has 0 aliphatic carbocycles. The van der Waals surface area contributed by atoms with Crippen LogP contribution in [-0.4, -0.2) is 14.6 Å². The number of H-pyrrole nitrogens is 1. The number of fused-ring (bicyclic) bond motifs is 1. The summed E-state index contributed by atoms with van der Waals surface area (Å²) in [6.45, 7) is 0. The van der Waals surface area contributed by atoms with Crippen molar-refractivity contribution in [1.82, 2.24) is 14.6 Å². The number of hydrogen-bond donors (Lipinski definition) is 1. The van der Waals surface area contributed by atoms with Crippen molar-refractivity contribution < 1.29 is 22.0 Å². The minimum absolute atomic E-state index is 0.00970. The van der Waals surface area contributed by atoms with E-state index in [0.29, 0.717) is 11.1 Å². The Balaban J connectivity index is 1.78. The molecule has 0 bridgehead atoms. The normalized spacial score (nSPS) is 11.8. The zero-order chi connectivity index (χ0) is 24.0. The fourth-order valence-electron chi connectivity index (χ4n) is 3.78. The lowest BCUT2D eigenvalue weighted by molar-refractivity contribution is -0.137. The van der Waals surface area contributed by atoms with E-state index in [4.69, 9.17) is 0 Å². The molecule has 3 aromatic carbocycles.